The van der Waals surface area contributed by atoms with E-state index in [0.717, 1.165) is 34.4 Å². The third kappa shape index (κ3) is 3.78. The fourth-order valence-corrected chi connectivity index (χ4v) is 4.67. The molecule has 1 aliphatic rings. The van der Waals surface area contributed by atoms with Crippen LogP contribution >= 0.6 is 0 Å². The van der Waals surface area contributed by atoms with Gasteiger partial charge in [-0.25, -0.2) is 15.0 Å². The minimum Gasteiger partial charge on any atom is -0.383 e. The second-order valence-electron chi connectivity index (χ2n) is 8.41. The zero-order valence-corrected chi connectivity index (χ0v) is 19.1. The number of carbonyl (C=O) groups is 1. The normalized spacial score (nSPS) is 17.8. The minimum absolute atomic E-state index is 0.000665. The lowest BCUT2D eigenvalue weighted by atomic mass is 10.1. The molecule has 34 heavy (non-hydrogen) atoms. The molecule has 1 fully saturated rings. The Balaban J connectivity index is 1.54. The van der Waals surface area contributed by atoms with Crippen LogP contribution in [-0.2, 0) is 9.53 Å². The molecular weight excluding hydrogens is 430 g/mol. The molecule has 0 aliphatic carbocycles. The van der Waals surface area contributed by atoms with Gasteiger partial charge in [0, 0.05) is 25.4 Å². The molecule has 0 saturated carbocycles. The second-order valence-corrected chi connectivity index (χ2v) is 8.41. The van der Waals surface area contributed by atoms with Crippen LogP contribution in [0.1, 0.15) is 29.4 Å². The van der Waals surface area contributed by atoms with Gasteiger partial charge in [-0.15, -0.1) is 0 Å². The van der Waals surface area contributed by atoms with Crippen LogP contribution in [0.4, 0.5) is 5.82 Å². The standard InChI is InChI=1S/C25H25N7O2/c1-4-22(33)31-12-18(10-19(31)13-34-3)32-11-17(23-24(26)27-14-28-25(23)32)7-5-16-6-8-20-21(9-16)30-15(2)29-20/h4,6,8-9,11,14,18-19H,1,10,12-13H2,2-3H3,(H,29,30)(H2,26,27,28)/t18-,19+/m0/s1. The second kappa shape index (κ2) is 8.65. The van der Waals surface area contributed by atoms with Crippen molar-refractivity contribution in [3.8, 4) is 11.8 Å². The Labute approximate surface area is 196 Å². The number of likely N-dealkylation sites (tertiary alicyclic amines) is 1. The summed E-state index contributed by atoms with van der Waals surface area (Å²) in [7, 11) is 1.64. The van der Waals surface area contributed by atoms with E-state index in [9.17, 15) is 4.79 Å². The Bertz CT molecular complexity index is 1470. The lowest BCUT2D eigenvalue weighted by Gasteiger charge is -2.22. The van der Waals surface area contributed by atoms with Gasteiger partial charge in [0.25, 0.3) is 0 Å². The molecule has 3 N–H and O–H groups in total. The van der Waals surface area contributed by atoms with Gasteiger partial charge >= 0.3 is 0 Å². The summed E-state index contributed by atoms with van der Waals surface area (Å²) in [6.45, 7) is 6.54. The summed E-state index contributed by atoms with van der Waals surface area (Å²) in [6, 6.07) is 5.83. The van der Waals surface area contributed by atoms with Crippen molar-refractivity contribution in [1.82, 2.24) is 29.4 Å². The number of amides is 1. The number of benzene rings is 1. The number of nitrogen functional groups attached to an aromatic ring is 1. The quantitative estimate of drug-likeness (QED) is 0.361. The van der Waals surface area contributed by atoms with Crippen LogP contribution in [0.25, 0.3) is 22.1 Å². The summed E-state index contributed by atoms with van der Waals surface area (Å²) < 4.78 is 7.41. The summed E-state index contributed by atoms with van der Waals surface area (Å²) >= 11 is 0. The molecule has 2 atom stereocenters. The molecule has 1 aliphatic heterocycles. The molecule has 0 radical (unpaired) electrons. The van der Waals surface area contributed by atoms with Crippen LogP contribution in [0.5, 0.6) is 0 Å². The van der Waals surface area contributed by atoms with E-state index >= 15 is 0 Å². The van der Waals surface area contributed by atoms with Crippen LogP contribution in [0.2, 0.25) is 0 Å². The number of methoxy groups -OCH3 is 1. The molecule has 9 nitrogen and oxygen atoms in total. The van der Waals surface area contributed by atoms with E-state index in [1.165, 1.54) is 12.4 Å². The van der Waals surface area contributed by atoms with E-state index in [1.807, 2.05) is 31.3 Å². The molecule has 0 unspecified atom stereocenters. The highest BCUT2D eigenvalue weighted by molar-refractivity contribution is 5.93. The highest BCUT2D eigenvalue weighted by Crippen LogP contribution is 2.33. The number of rotatable bonds is 4. The fraction of sp³-hybridized carbons (Fsp3) is 0.280. The number of hydrogen-bond acceptors (Lipinski definition) is 6. The number of nitrogens with one attached hydrogen (secondary N) is 1. The first-order valence-electron chi connectivity index (χ1n) is 11.0. The Morgan fingerprint density at radius 3 is 3.03 bits per heavy atom. The summed E-state index contributed by atoms with van der Waals surface area (Å²) in [5.74, 6) is 7.61. The number of aromatic amines is 1. The number of aryl methyl sites for hydroxylation is 1. The molecule has 1 amide bonds. The van der Waals surface area contributed by atoms with Crippen LogP contribution in [0.3, 0.4) is 0 Å². The number of imidazole rings is 1. The highest BCUT2D eigenvalue weighted by atomic mass is 16.5. The van der Waals surface area contributed by atoms with Crippen molar-refractivity contribution < 1.29 is 9.53 Å². The largest absolute Gasteiger partial charge is 0.383 e. The van der Waals surface area contributed by atoms with Crippen molar-refractivity contribution >= 4 is 33.8 Å². The molecule has 172 valence electrons. The lowest BCUT2D eigenvalue weighted by Crippen LogP contribution is -2.37. The predicted octanol–water partition coefficient (Wildman–Crippen LogP) is 2.57. The summed E-state index contributed by atoms with van der Waals surface area (Å²) in [6.07, 6.45) is 5.48. The number of fused-ring (bicyclic) bond motifs is 2. The summed E-state index contributed by atoms with van der Waals surface area (Å²) in [4.78, 5) is 30.6. The van der Waals surface area contributed by atoms with Crippen molar-refractivity contribution in [2.45, 2.75) is 25.4 Å². The third-order valence-electron chi connectivity index (χ3n) is 6.18. The van der Waals surface area contributed by atoms with E-state index < -0.39 is 0 Å². The maximum Gasteiger partial charge on any atom is 0.246 e. The van der Waals surface area contributed by atoms with E-state index in [2.05, 4.69) is 42.9 Å². The van der Waals surface area contributed by atoms with E-state index in [0.29, 0.717) is 30.0 Å². The number of carbonyl (C=O) groups excluding carboxylic acids is 1. The van der Waals surface area contributed by atoms with Crippen molar-refractivity contribution in [2.75, 3.05) is 26.0 Å². The molecule has 3 aromatic heterocycles. The first-order valence-corrected chi connectivity index (χ1v) is 11.0. The SMILES string of the molecule is C=CC(=O)N1C[C@@H](n2cc(C#Cc3ccc4nc(C)[nH]c4c3)c3c(N)ncnc32)C[C@@H]1COC. The van der Waals surface area contributed by atoms with Crippen LogP contribution in [0, 0.1) is 18.8 Å². The van der Waals surface area contributed by atoms with E-state index in [4.69, 9.17) is 10.5 Å². The number of aromatic nitrogens is 5. The molecular formula is C25H25N7O2. The molecule has 4 aromatic rings. The maximum atomic E-state index is 12.4. The van der Waals surface area contributed by atoms with Crippen molar-refractivity contribution in [3.05, 3.63) is 60.3 Å². The molecule has 1 aromatic carbocycles. The Kier molecular flexibility index (Phi) is 5.51. The Morgan fingerprint density at radius 1 is 1.38 bits per heavy atom. The lowest BCUT2D eigenvalue weighted by molar-refractivity contribution is -0.127. The minimum atomic E-state index is -0.111. The average Bonchev–Trinajstić information content (AvgIpc) is 3.51. The zero-order chi connectivity index (χ0) is 23.8. The van der Waals surface area contributed by atoms with Crippen molar-refractivity contribution in [3.63, 3.8) is 0 Å². The number of nitrogens with zero attached hydrogens (tertiary/aromatic N) is 5. The summed E-state index contributed by atoms with van der Waals surface area (Å²) in [5, 5.41) is 0.713. The smallest absolute Gasteiger partial charge is 0.246 e. The first-order chi connectivity index (χ1) is 16.5. The van der Waals surface area contributed by atoms with Crippen LogP contribution in [-0.4, -0.2) is 61.6 Å². The molecule has 5 rings (SSSR count). The number of anilines is 1. The molecule has 0 spiro atoms. The van der Waals surface area contributed by atoms with E-state index in [1.54, 1.807) is 12.0 Å². The van der Waals surface area contributed by atoms with Gasteiger partial charge in [0.2, 0.25) is 5.91 Å². The number of ether oxygens (including phenoxy) is 1. The first kappa shape index (κ1) is 21.7. The topological polar surface area (TPSA) is 115 Å². The van der Waals surface area contributed by atoms with Crippen LogP contribution < -0.4 is 5.73 Å². The fourth-order valence-electron chi connectivity index (χ4n) is 4.67. The number of nitrogens with two attached hydrogens (primary N) is 1. The van der Waals surface area contributed by atoms with Crippen LogP contribution in [0.15, 0.2) is 43.4 Å². The number of hydrogen-bond donors (Lipinski definition) is 2. The molecule has 1 saturated heterocycles. The van der Waals surface area contributed by atoms with Gasteiger partial charge in [0.05, 0.1) is 40.7 Å². The number of H-pyrrole nitrogens is 1. The van der Waals surface area contributed by atoms with Gasteiger partial charge in [-0.1, -0.05) is 18.4 Å². The van der Waals surface area contributed by atoms with Gasteiger partial charge in [-0.2, -0.15) is 0 Å². The van der Waals surface area contributed by atoms with Crippen molar-refractivity contribution in [2.24, 2.45) is 0 Å². The van der Waals surface area contributed by atoms with Gasteiger partial charge < -0.3 is 24.9 Å². The maximum absolute atomic E-state index is 12.4. The van der Waals surface area contributed by atoms with Gasteiger partial charge in [0.15, 0.2) is 0 Å². The van der Waals surface area contributed by atoms with Gasteiger partial charge in [-0.3, -0.25) is 4.79 Å². The zero-order valence-electron chi connectivity index (χ0n) is 19.1. The predicted molar refractivity (Wildman–Crippen MR) is 130 cm³/mol. The van der Waals surface area contributed by atoms with Crippen molar-refractivity contribution in [1.29, 1.82) is 0 Å². The van der Waals surface area contributed by atoms with E-state index in [-0.39, 0.29) is 18.0 Å². The monoisotopic (exact) mass is 455 g/mol. The van der Waals surface area contributed by atoms with Gasteiger partial charge in [-0.05, 0) is 37.6 Å². The average molecular weight is 456 g/mol. The molecule has 9 heteroatoms. The molecule has 0 bridgehead atoms. The molecule has 4 heterocycles. The Morgan fingerprint density at radius 2 is 2.24 bits per heavy atom. The Hall–Kier alpha value is -4.16. The summed E-state index contributed by atoms with van der Waals surface area (Å²) in [5.41, 5.74) is 10.4. The van der Waals surface area contributed by atoms with Gasteiger partial charge in [0.1, 0.15) is 23.6 Å². The third-order valence-corrected chi connectivity index (χ3v) is 6.18. The highest BCUT2D eigenvalue weighted by Gasteiger charge is 2.36.